The van der Waals surface area contributed by atoms with Crippen molar-refractivity contribution in [2.75, 3.05) is 27.7 Å². The topological polar surface area (TPSA) is 41.6 Å². The molecule has 4 heteroatoms. The summed E-state index contributed by atoms with van der Waals surface area (Å²) in [5.74, 6) is 0.764. The van der Waals surface area contributed by atoms with Crippen molar-refractivity contribution in [1.29, 1.82) is 0 Å². The van der Waals surface area contributed by atoms with Gasteiger partial charge in [-0.2, -0.15) is 0 Å². The van der Waals surface area contributed by atoms with Crippen LogP contribution in [0.2, 0.25) is 0 Å². The van der Waals surface area contributed by atoms with Crippen molar-refractivity contribution in [3.63, 3.8) is 0 Å². The Labute approximate surface area is 195 Å². The fourth-order valence-electron chi connectivity index (χ4n) is 3.97. The third kappa shape index (κ3) is 5.60. The molecular formula is C29H30N2O2. The number of hydrogen-bond acceptors (Lipinski definition) is 3. The summed E-state index contributed by atoms with van der Waals surface area (Å²) in [5, 5.41) is 5.65. The quantitative estimate of drug-likeness (QED) is 0.370. The molecule has 0 aliphatic heterocycles. The molecule has 0 aliphatic carbocycles. The summed E-state index contributed by atoms with van der Waals surface area (Å²) in [5.41, 5.74) is 3.93. The maximum atomic E-state index is 13.1. The second-order valence-corrected chi connectivity index (χ2v) is 8.53. The Morgan fingerprint density at radius 2 is 1.48 bits per heavy atom. The van der Waals surface area contributed by atoms with E-state index in [2.05, 4.69) is 54.6 Å². The van der Waals surface area contributed by atoms with Gasteiger partial charge in [-0.3, -0.25) is 4.79 Å². The number of carbonyl (C=O) groups excluding carboxylic acids is 1. The Bertz CT molecular complexity index is 1210. The summed E-state index contributed by atoms with van der Waals surface area (Å²) in [6, 6.07) is 30.3. The smallest absolute Gasteiger partial charge is 0.251 e. The Balaban J connectivity index is 1.53. The molecule has 0 radical (unpaired) electrons. The summed E-state index contributed by atoms with van der Waals surface area (Å²) in [4.78, 5) is 15.3. The van der Waals surface area contributed by atoms with Gasteiger partial charge in [0.05, 0.1) is 13.2 Å². The SMILES string of the molecule is COc1ccc(-c2ccc(C(=O)N[C@@H](CCN(C)C)c3ccc4ccccc4c3)cc2)cc1. The molecule has 0 aromatic heterocycles. The predicted octanol–water partition coefficient (Wildman–Crippen LogP) is 5.94. The third-order valence-electron chi connectivity index (χ3n) is 5.92. The van der Waals surface area contributed by atoms with Crippen molar-refractivity contribution in [2.24, 2.45) is 0 Å². The fraction of sp³-hybridized carbons (Fsp3) is 0.207. The van der Waals surface area contributed by atoms with E-state index in [-0.39, 0.29) is 11.9 Å². The van der Waals surface area contributed by atoms with Gasteiger partial charge in [-0.05, 0) is 84.9 Å². The first-order valence-electron chi connectivity index (χ1n) is 11.2. The van der Waals surface area contributed by atoms with Crippen molar-refractivity contribution in [3.8, 4) is 16.9 Å². The van der Waals surface area contributed by atoms with E-state index in [1.807, 2.05) is 60.7 Å². The Morgan fingerprint density at radius 1 is 0.848 bits per heavy atom. The number of benzene rings is 4. The molecule has 1 amide bonds. The number of amides is 1. The van der Waals surface area contributed by atoms with Crippen molar-refractivity contribution in [3.05, 3.63) is 102 Å². The lowest BCUT2D eigenvalue weighted by atomic mass is 9.98. The molecule has 4 rings (SSSR count). The molecule has 168 valence electrons. The highest BCUT2D eigenvalue weighted by Crippen LogP contribution is 2.25. The minimum Gasteiger partial charge on any atom is -0.497 e. The first-order valence-corrected chi connectivity index (χ1v) is 11.2. The molecule has 0 bridgehead atoms. The van der Waals surface area contributed by atoms with Gasteiger partial charge >= 0.3 is 0 Å². The molecule has 0 unspecified atom stereocenters. The zero-order chi connectivity index (χ0) is 23.2. The van der Waals surface area contributed by atoms with Crippen LogP contribution in [0.25, 0.3) is 21.9 Å². The van der Waals surface area contributed by atoms with Gasteiger partial charge in [0.25, 0.3) is 5.91 Å². The zero-order valence-electron chi connectivity index (χ0n) is 19.4. The van der Waals surface area contributed by atoms with Crippen molar-refractivity contribution >= 4 is 16.7 Å². The number of nitrogens with one attached hydrogen (secondary N) is 1. The number of fused-ring (bicyclic) bond motifs is 1. The van der Waals surface area contributed by atoms with Crippen molar-refractivity contribution in [1.82, 2.24) is 10.2 Å². The van der Waals surface area contributed by atoms with Gasteiger partial charge in [0.2, 0.25) is 0 Å². The van der Waals surface area contributed by atoms with Gasteiger partial charge < -0.3 is 15.0 Å². The molecule has 0 aliphatic rings. The molecule has 0 saturated carbocycles. The van der Waals surface area contributed by atoms with Crippen LogP contribution in [-0.2, 0) is 0 Å². The molecular weight excluding hydrogens is 408 g/mol. The molecule has 0 heterocycles. The minimum atomic E-state index is -0.0641. The summed E-state index contributed by atoms with van der Waals surface area (Å²) in [6.45, 7) is 0.883. The minimum absolute atomic E-state index is 0.0619. The lowest BCUT2D eigenvalue weighted by molar-refractivity contribution is 0.0933. The molecule has 4 aromatic rings. The van der Waals surface area contributed by atoms with Crippen LogP contribution in [0.1, 0.15) is 28.4 Å². The molecule has 0 spiro atoms. The summed E-state index contributed by atoms with van der Waals surface area (Å²) in [6.07, 6.45) is 0.834. The highest BCUT2D eigenvalue weighted by atomic mass is 16.5. The van der Waals surface area contributed by atoms with Gasteiger partial charge in [0.1, 0.15) is 5.75 Å². The summed E-state index contributed by atoms with van der Waals surface area (Å²) >= 11 is 0. The largest absolute Gasteiger partial charge is 0.497 e. The van der Waals surface area contributed by atoms with Gasteiger partial charge in [0.15, 0.2) is 0 Å². The number of methoxy groups -OCH3 is 1. The average Bonchev–Trinajstić information content (AvgIpc) is 2.86. The summed E-state index contributed by atoms with van der Waals surface area (Å²) < 4.78 is 5.23. The predicted molar refractivity (Wildman–Crippen MR) is 136 cm³/mol. The molecule has 4 nitrogen and oxygen atoms in total. The number of carbonyl (C=O) groups is 1. The van der Waals surface area contributed by atoms with Crippen LogP contribution >= 0.6 is 0 Å². The van der Waals surface area contributed by atoms with Crippen LogP contribution in [0.4, 0.5) is 0 Å². The summed E-state index contributed by atoms with van der Waals surface area (Å²) in [7, 11) is 5.76. The first kappa shape index (κ1) is 22.6. The number of hydrogen-bond donors (Lipinski definition) is 1. The van der Waals surface area contributed by atoms with Gasteiger partial charge in [0, 0.05) is 5.56 Å². The average molecular weight is 439 g/mol. The van der Waals surface area contributed by atoms with Crippen LogP contribution in [0, 0.1) is 0 Å². The number of ether oxygens (including phenoxy) is 1. The van der Waals surface area contributed by atoms with E-state index >= 15 is 0 Å². The van der Waals surface area contributed by atoms with Crippen LogP contribution in [0.5, 0.6) is 5.75 Å². The zero-order valence-corrected chi connectivity index (χ0v) is 19.4. The third-order valence-corrected chi connectivity index (χ3v) is 5.92. The Kier molecular flexibility index (Phi) is 7.06. The van der Waals surface area contributed by atoms with E-state index in [1.54, 1.807) is 7.11 Å². The molecule has 1 N–H and O–H groups in total. The van der Waals surface area contributed by atoms with E-state index < -0.39 is 0 Å². The fourth-order valence-corrected chi connectivity index (χ4v) is 3.97. The highest BCUT2D eigenvalue weighted by molar-refractivity contribution is 5.95. The second kappa shape index (κ2) is 10.3. The number of nitrogens with zero attached hydrogens (tertiary/aromatic N) is 1. The standard InChI is InChI=1S/C29H30N2O2/c1-31(2)19-18-28(26-13-10-21-6-4-5-7-25(21)20-26)30-29(32)24-11-8-22(9-12-24)23-14-16-27(33-3)17-15-23/h4-17,20,28H,18-19H2,1-3H3,(H,30,32)/t28-/m0/s1. The maximum absolute atomic E-state index is 13.1. The van der Waals surface area contributed by atoms with Crippen LogP contribution in [0.15, 0.2) is 91.0 Å². The van der Waals surface area contributed by atoms with Crippen LogP contribution < -0.4 is 10.1 Å². The van der Waals surface area contributed by atoms with Gasteiger partial charge in [-0.15, -0.1) is 0 Å². The Morgan fingerprint density at radius 3 is 2.12 bits per heavy atom. The first-order chi connectivity index (χ1) is 16.0. The maximum Gasteiger partial charge on any atom is 0.251 e. The second-order valence-electron chi connectivity index (χ2n) is 8.53. The number of rotatable bonds is 8. The lowest BCUT2D eigenvalue weighted by Crippen LogP contribution is -2.31. The van der Waals surface area contributed by atoms with Gasteiger partial charge in [-0.25, -0.2) is 0 Å². The van der Waals surface area contributed by atoms with E-state index in [4.69, 9.17) is 4.74 Å². The highest BCUT2D eigenvalue weighted by Gasteiger charge is 2.17. The van der Waals surface area contributed by atoms with E-state index in [9.17, 15) is 4.79 Å². The van der Waals surface area contributed by atoms with E-state index in [0.29, 0.717) is 5.56 Å². The van der Waals surface area contributed by atoms with Crippen molar-refractivity contribution < 1.29 is 9.53 Å². The molecule has 0 fully saturated rings. The Hall–Kier alpha value is -3.63. The normalized spacial score (nSPS) is 12.0. The van der Waals surface area contributed by atoms with E-state index in [0.717, 1.165) is 35.4 Å². The van der Waals surface area contributed by atoms with Crippen molar-refractivity contribution in [2.45, 2.75) is 12.5 Å². The molecule has 0 saturated heterocycles. The van der Waals surface area contributed by atoms with Crippen LogP contribution in [0.3, 0.4) is 0 Å². The molecule has 33 heavy (non-hydrogen) atoms. The molecule has 4 aromatic carbocycles. The monoisotopic (exact) mass is 438 g/mol. The van der Waals surface area contributed by atoms with E-state index in [1.165, 1.54) is 10.8 Å². The lowest BCUT2D eigenvalue weighted by Gasteiger charge is -2.22. The molecule has 1 atom stereocenters. The van der Waals surface area contributed by atoms with Crippen LogP contribution in [-0.4, -0.2) is 38.6 Å². The van der Waals surface area contributed by atoms with Gasteiger partial charge in [-0.1, -0.05) is 60.7 Å².